The zero-order valence-corrected chi connectivity index (χ0v) is 8.75. The van der Waals surface area contributed by atoms with E-state index in [0.29, 0.717) is 5.02 Å². The van der Waals surface area contributed by atoms with Gasteiger partial charge in [-0.25, -0.2) is 0 Å². The van der Waals surface area contributed by atoms with Crippen LogP contribution < -0.4 is 11.1 Å². The van der Waals surface area contributed by atoms with Crippen molar-refractivity contribution in [3.63, 3.8) is 0 Å². The fourth-order valence-electron chi connectivity index (χ4n) is 1.14. The number of anilines is 3. The van der Waals surface area contributed by atoms with Gasteiger partial charge < -0.3 is 15.5 Å². The fourth-order valence-corrected chi connectivity index (χ4v) is 1.32. The number of nitrogens with two attached hydrogens (primary N) is 1. The number of hydrogen-bond acceptors (Lipinski definition) is 5. The van der Waals surface area contributed by atoms with Crippen molar-refractivity contribution in [2.75, 3.05) is 11.1 Å². The van der Waals surface area contributed by atoms with Gasteiger partial charge in [-0.05, 0) is 24.6 Å². The van der Waals surface area contributed by atoms with Crippen LogP contribution in [-0.2, 0) is 0 Å². The first kappa shape index (κ1) is 9.79. The summed E-state index contributed by atoms with van der Waals surface area (Å²) in [6.45, 7) is 1.89. The molecule has 0 amide bonds. The van der Waals surface area contributed by atoms with Crippen molar-refractivity contribution in [3.05, 3.63) is 28.8 Å². The highest BCUT2D eigenvalue weighted by atomic mass is 35.5. The first-order chi connectivity index (χ1) is 7.16. The van der Waals surface area contributed by atoms with Gasteiger partial charge in [0.05, 0.1) is 0 Å². The van der Waals surface area contributed by atoms with E-state index in [2.05, 4.69) is 15.5 Å². The second-order valence-corrected chi connectivity index (χ2v) is 3.39. The van der Waals surface area contributed by atoms with Gasteiger partial charge in [0, 0.05) is 10.7 Å². The normalized spacial score (nSPS) is 10.3. The lowest BCUT2D eigenvalue weighted by atomic mass is 10.2. The summed E-state index contributed by atoms with van der Waals surface area (Å²) in [5.41, 5.74) is 7.02. The van der Waals surface area contributed by atoms with Gasteiger partial charge in [-0.15, -0.1) is 0 Å². The molecule has 2 rings (SSSR count). The fraction of sp³-hybridized carbons (Fsp3) is 0.111. The Morgan fingerprint density at radius 2 is 2.20 bits per heavy atom. The summed E-state index contributed by atoms with van der Waals surface area (Å²) in [7, 11) is 0. The van der Waals surface area contributed by atoms with E-state index in [9.17, 15) is 0 Å². The lowest BCUT2D eigenvalue weighted by molar-refractivity contribution is 0.593. The van der Waals surface area contributed by atoms with E-state index in [1.165, 1.54) is 0 Å². The molecule has 6 heteroatoms. The zero-order valence-electron chi connectivity index (χ0n) is 7.99. The minimum atomic E-state index is 0.0252. The number of nitrogen functional groups attached to an aromatic ring is 1. The van der Waals surface area contributed by atoms with Gasteiger partial charge in [0.25, 0.3) is 0 Å². The van der Waals surface area contributed by atoms with Crippen LogP contribution in [0.5, 0.6) is 0 Å². The molecule has 0 aliphatic heterocycles. The number of halogens is 1. The highest BCUT2D eigenvalue weighted by Gasteiger charge is 2.06. The molecular weight excluding hydrogens is 216 g/mol. The average Bonchev–Trinajstić information content (AvgIpc) is 2.59. The molecule has 0 radical (unpaired) electrons. The Balaban J connectivity index is 2.28. The highest BCUT2D eigenvalue weighted by Crippen LogP contribution is 2.25. The zero-order chi connectivity index (χ0) is 10.8. The van der Waals surface area contributed by atoms with Crippen molar-refractivity contribution in [2.45, 2.75) is 6.92 Å². The molecule has 1 aromatic carbocycles. The van der Waals surface area contributed by atoms with E-state index in [4.69, 9.17) is 21.8 Å². The molecule has 0 aliphatic rings. The second-order valence-electron chi connectivity index (χ2n) is 2.98. The molecule has 0 fully saturated rings. The summed E-state index contributed by atoms with van der Waals surface area (Å²) >= 11 is 5.95. The molecule has 1 aromatic heterocycles. The van der Waals surface area contributed by atoms with E-state index in [-0.39, 0.29) is 12.0 Å². The molecule has 1 heterocycles. The van der Waals surface area contributed by atoms with Gasteiger partial charge >= 0.3 is 12.0 Å². The van der Waals surface area contributed by atoms with Gasteiger partial charge in [-0.1, -0.05) is 27.9 Å². The van der Waals surface area contributed by atoms with Gasteiger partial charge in [-0.3, -0.25) is 0 Å². The molecule has 78 valence electrons. The maximum absolute atomic E-state index is 5.95. The summed E-state index contributed by atoms with van der Waals surface area (Å²) in [4.78, 5) is 0. The summed E-state index contributed by atoms with van der Waals surface area (Å²) in [6, 6.07) is 5.78. The number of rotatable bonds is 2. The van der Waals surface area contributed by atoms with Crippen LogP contribution in [0.4, 0.5) is 17.7 Å². The highest BCUT2D eigenvalue weighted by molar-refractivity contribution is 6.31. The van der Waals surface area contributed by atoms with Crippen molar-refractivity contribution in [3.8, 4) is 0 Å². The molecule has 0 aliphatic carbocycles. The van der Waals surface area contributed by atoms with Crippen LogP contribution >= 0.6 is 11.6 Å². The molecule has 15 heavy (non-hydrogen) atoms. The minimum Gasteiger partial charge on any atom is -0.389 e. The standard InChI is InChI=1S/C9H9ClN4O/c1-5-6(10)3-2-4-7(5)12-9-14-13-8(11)15-9/h2-4H,1H3,(H2,11,13)(H,12,14). The van der Waals surface area contributed by atoms with Crippen LogP contribution in [0.3, 0.4) is 0 Å². The van der Waals surface area contributed by atoms with E-state index in [0.717, 1.165) is 11.3 Å². The van der Waals surface area contributed by atoms with Crippen LogP contribution in [0.25, 0.3) is 0 Å². The number of benzene rings is 1. The van der Waals surface area contributed by atoms with Crippen molar-refractivity contribution in [1.29, 1.82) is 0 Å². The van der Waals surface area contributed by atoms with E-state index >= 15 is 0 Å². The Hall–Kier alpha value is -1.75. The molecule has 0 atom stereocenters. The maximum Gasteiger partial charge on any atom is 0.321 e. The lowest BCUT2D eigenvalue weighted by Crippen LogP contribution is -1.93. The summed E-state index contributed by atoms with van der Waals surface area (Å²) in [5, 5.41) is 10.8. The molecule has 0 unspecified atom stereocenters. The first-order valence-corrected chi connectivity index (χ1v) is 4.66. The minimum absolute atomic E-state index is 0.0252. The third-order valence-electron chi connectivity index (χ3n) is 1.95. The predicted octanol–water partition coefficient (Wildman–Crippen LogP) is 2.36. The maximum atomic E-state index is 5.95. The van der Waals surface area contributed by atoms with E-state index in [1.54, 1.807) is 0 Å². The van der Waals surface area contributed by atoms with Crippen LogP contribution in [-0.4, -0.2) is 10.2 Å². The quantitative estimate of drug-likeness (QED) is 0.819. The van der Waals surface area contributed by atoms with Crippen molar-refractivity contribution < 1.29 is 4.42 Å². The number of nitrogens with zero attached hydrogens (tertiary/aromatic N) is 2. The molecule has 3 N–H and O–H groups in total. The Labute approximate surface area is 91.2 Å². The third kappa shape index (κ3) is 2.02. The smallest absolute Gasteiger partial charge is 0.321 e. The SMILES string of the molecule is Cc1c(Cl)cccc1Nc1nnc(N)o1. The third-order valence-corrected chi connectivity index (χ3v) is 2.36. The van der Waals surface area contributed by atoms with Gasteiger partial charge in [-0.2, -0.15) is 0 Å². The largest absolute Gasteiger partial charge is 0.389 e. The lowest BCUT2D eigenvalue weighted by Gasteiger charge is -2.06. The topological polar surface area (TPSA) is 77.0 Å². The van der Waals surface area contributed by atoms with Crippen molar-refractivity contribution >= 4 is 29.3 Å². The molecule has 0 spiro atoms. The van der Waals surface area contributed by atoms with Crippen molar-refractivity contribution in [2.24, 2.45) is 0 Å². The Morgan fingerprint density at radius 1 is 1.40 bits per heavy atom. The van der Waals surface area contributed by atoms with Crippen molar-refractivity contribution in [1.82, 2.24) is 10.2 Å². The Kier molecular flexibility index (Phi) is 2.47. The Morgan fingerprint density at radius 3 is 2.87 bits per heavy atom. The molecule has 0 bridgehead atoms. The van der Waals surface area contributed by atoms with Crippen LogP contribution in [0, 0.1) is 6.92 Å². The molecule has 2 aromatic rings. The first-order valence-electron chi connectivity index (χ1n) is 4.28. The average molecular weight is 225 g/mol. The van der Waals surface area contributed by atoms with Crippen LogP contribution in [0.1, 0.15) is 5.56 Å². The molecule has 5 nitrogen and oxygen atoms in total. The Bertz CT molecular complexity index is 483. The number of hydrogen-bond donors (Lipinski definition) is 2. The predicted molar refractivity (Wildman–Crippen MR) is 58.2 cm³/mol. The van der Waals surface area contributed by atoms with Crippen LogP contribution in [0.2, 0.25) is 5.02 Å². The van der Waals surface area contributed by atoms with Gasteiger partial charge in [0.1, 0.15) is 0 Å². The molecular formula is C9H9ClN4O. The number of nitrogens with one attached hydrogen (secondary N) is 1. The summed E-state index contributed by atoms with van der Waals surface area (Å²) < 4.78 is 4.98. The van der Waals surface area contributed by atoms with Crippen LogP contribution in [0.15, 0.2) is 22.6 Å². The molecule has 0 saturated carbocycles. The second kappa shape index (κ2) is 3.78. The van der Waals surface area contributed by atoms with Gasteiger partial charge in [0.2, 0.25) is 0 Å². The van der Waals surface area contributed by atoms with Gasteiger partial charge in [0.15, 0.2) is 0 Å². The summed E-state index contributed by atoms with van der Waals surface area (Å²) in [5.74, 6) is 0. The van der Waals surface area contributed by atoms with E-state index in [1.807, 2.05) is 25.1 Å². The number of aromatic nitrogens is 2. The summed E-state index contributed by atoms with van der Waals surface area (Å²) in [6.07, 6.45) is 0. The monoisotopic (exact) mass is 224 g/mol. The van der Waals surface area contributed by atoms with E-state index < -0.39 is 0 Å². The molecule has 0 saturated heterocycles.